The Bertz CT molecular complexity index is 751. The molecule has 0 saturated carbocycles. The third-order valence-corrected chi connectivity index (χ3v) is 4.69. The molecule has 0 spiro atoms. The molecule has 1 saturated heterocycles. The van der Waals surface area contributed by atoms with E-state index in [1.54, 1.807) is 23.7 Å². The number of hydrogen-bond acceptors (Lipinski definition) is 5. The summed E-state index contributed by atoms with van der Waals surface area (Å²) in [6.07, 6.45) is 4.89. The largest absolute Gasteiger partial charge is 0.487 e. The first-order chi connectivity index (χ1) is 10.4. The maximum Gasteiger partial charge on any atom is 0.146 e. The van der Waals surface area contributed by atoms with Crippen molar-refractivity contribution >= 4 is 21.6 Å². The van der Waals surface area contributed by atoms with E-state index >= 15 is 0 Å². The van der Waals surface area contributed by atoms with Gasteiger partial charge < -0.3 is 10.1 Å². The average Bonchev–Trinajstić information content (AvgIpc) is 3.17. The predicted molar refractivity (Wildman–Crippen MR) is 84.8 cm³/mol. The molecular weight excluding hydrogens is 282 g/mol. The molecule has 106 valence electrons. The highest BCUT2D eigenvalue weighted by Gasteiger charge is 2.18. The van der Waals surface area contributed by atoms with Gasteiger partial charge in [0.15, 0.2) is 0 Å². The molecule has 0 amide bonds. The number of rotatable bonds is 3. The third-order valence-electron chi connectivity index (χ3n) is 3.62. The molecule has 1 atom stereocenters. The monoisotopic (exact) mass is 297 g/mol. The van der Waals surface area contributed by atoms with E-state index in [-0.39, 0.29) is 6.10 Å². The second kappa shape index (κ2) is 5.42. The Morgan fingerprint density at radius 3 is 2.90 bits per heavy atom. The molecule has 5 heteroatoms. The van der Waals surface area contributed by atoms with Crippen LogP contribution in [0.4, 0.5) is 0 Å². The molecule has 0 aliphatic carbocycles. The van der Waals surface area contributed by atoms with E-state index in [1.807, 2.05) is 24.3 Å². The van der Waals surface area contributed by atoms with E-state index in [4.69, 9.17) is 9.72 Å². The van der Waals surface area contributed by atoms with Crippen LogP contribution < -0.4 is 10.1 Å². The minimum Gasteiger partial charge on any atom is -0.487 e. The van der Waals surface area contributed by atoms with Gasteiger partial charge in [-0.2, -0.15) is 0 Å². The fourth-order valence-electron chi connectivity index (χ4n) is 2.54. The van der Waals surface area contributed by atoms with Crippen molar-refractivity contribution in [3.8, 4) is 16.3 Å². The molecule has 1 aliphatic heterocycles. The number of benzene rings is 1. The van der Waals surface area contributed by atoms with Crippen LogP contribution in [0.5, 0.6) is 5.75 Å². The first-order valence-corrected chi connectivity index (χ1v) is 7.89. The van der Waals surface area contributed by atoms with E-state index in [1.165, 1.54) is 0 Å². The lowest BCUT2D eigenvalue weighted by Crippen LogP contribution is -2.19. The van der Waals surface area contributed by atoms with Crippen molar-refractivity contribution < 1.29 is 4.74 Å². The van der Waals surface area contributed by atoms with Crippen molar-refractivity contribution in [3.05, 3.63) is 42.7 Å². The minimum atomic E-state index is 0.252. The lowest BCUT2D eigenvalue weighted by molar-refractivity contribution is 0.225. The summed E-state index contributed by atoms with van der Waals surface area (Å²) >= 11 is 1.69. The zero-order chi connectivity index (χ0) is 14.1. The second-order valence-corrected chi connectivity index (χ2v) is 6.12. The molecule has 1 N–H and O–H groups in total. The Morgan fingerprint density at radius 2 is 2.10 bits per heavy atom. The van der Waals surface area contributed by atoms with Gasteiger partial charge in [-0.25, -0.2) is 4.98 Å². The van der Waals surface area contributed by atoms with E-state index < -0.39 is 0 Å². The number of thiazole rings is 1. The van der Waals surface area contributed by atoms with Crippen LogP contribution >= 0.6 is 11.3 Å². The number of hydrogen-bond donors (Lipinski definition) is 1. The van der Waals surface area contributed by atoms with Gasteiger partial charge in [0.2, 0.25) is 0 Å². The topological polar surface area (TPSA) is 47.0 Å². The van der Waals surface area contributed by atoms with Crippen molar-refractivity contribution in [2.24, 2.45) is 0 Å². The fourth-order valence-corrected chi connectivity index (χ4v) is 3.53. The van der Waals surface area contributed by atoms with Gasteiger partial charge >= 0.3 is 0 Å². The summed E-state index contributed by atoms with van der Waals surface area (Å²) in [5.74, 6) is 0.887. The highest BCUT2D eigenvalue weighted by Crippen LogP contribution is 2.35. The molecular formula is C16H15N3OS. The number of ether oxygens (including phenoxy) is 1. The number of para-hydroxylation sites is 1. The highest BCUT2D eigenvalue weighted by molar-refractivity contribution is 7.21. The Balaban J connectivity index is 1.73. The zero-order valence-electron chi connectivity index (χ0n) is 11.5. The van der Waals surface area contributed by atoms with Crippen LogP contribution in [-0.4, -0.2) is 29.2 Å². The Morgan fingerprint density at radius 1 is 1.19 bits per heavy atom. The van der Waals surface area contributed by atoms with Crippen molar-refractivity contribution in [2.75, 3.05) is 13.1 Å². The molecule has 1 fully saturated rings. The summed E-state index contributed by atoms with van der Waals surface area (Å²) in [6.45, 7) is 1.94. The van der Waals surface area contributed by atoms with Gasteiger partial charge in [0, 0.05) is 24.5 Å². The molecule has 3 heterocycles. The standard InChI is InChI=1S/C16H15N3OS/c1-2-13(20-12-6-9-18-10-12)15-14(3-1)21-16(19-15)11-4-7-17-8-5-11/h1-5,7-8,12,18H,6,9-10H2. The molecule has 1 aliphatic rings. The van der Waals surface area contributed by atoms with Crippen LogP contribution in [0.2, 0.25) is 0 Å². The van der Waals surface area contributed by atoms with Crippen LogP contribution in [0.1, 0.15) is 6.42 Å². The quantitative estimate of drug-likeness (QED) is 0.807. The summed E-state index contributed by atoms with van der Waals surface area (Å²) in [4.78, 5) is 8.83. The van der Waals surface area contributed by atoms with Crippen LogP contribution in [0.3, 0.4) is 0 Å². The van der Waals surface area contributed by atoms with E-state index in [0.717, 1.165) is 46.0 Å². The number of nitrogens with zero attached hydrogens (tertiary/aromatic N) is 2. The van der Waals surface area contributed by atoms with Crippen molar-refractivity contribution in [3.63, 3.8) is 0 Å². The number of aromatic nitrogens is 2. The van der Waals surface area contributed by atoms with Crippen LogP contribution in [0.25, 0.3) is 20.8 Å². The number of pyridine rings is 1. The zero-order valence-corrected chi connectivity index (χ0v) is 12.3. The number of nitrogens with one attached hydrogen (secondary N) is 1. The highest BCUT2D eigenvalue weighted by atomic mass is 32.1. The molecule has 1 unspecified atom stereocenters. The Hall–Kier alpha value is -1.98. The summed E-state index contributed by atoms with van der Waals surface area (Å²) in [6, 6.07) is 10.1. The fraction of sp³-hybridized carbons (Fsp3) is 0.250. The first kappa shape index (κ1) is 12.7. The summed E-state index contributed by atoms with van der Waals surface area (Å²) in [7, 11) is 0. The average molecular weight is 297 g/mol. The van der Waals surface area contributed by atoms with E-state index in [0.29, 0.717) is 0 Å². The van der Waals surface area contributed by atoms with Gasteiger partial charge in [-0.1, -0.05) is 6.07 Å². The van der Waals surface area contributed by atoms with Gasteiger partial charge in [-0.3, -0.25) is 4.98 Å². The SMILES string of the molecule is c1cc(OC2CCNC2)c2nc(-c3ccncc3)sc2c1. The second-order valence-electron chi connectivity index (χ2n) is 5.09. The third kappa shape index (κ3) is 2.50. The van der Waals surface area contributed by atoms with Crippen LogP contribution in [-0.2, 0) is 0 Å². The van der Waals surface area contributed by atoms with Crippen molar-refractivity contribution in [1.82, 2.24) is 15.3 Å². The Kier molecular flexibility index (Phi) is 3.29. The van der Waals surface area contributed by atoms with Crippen molar-refractivity contribution in [2.45, 2.75) is 12.5 Å². The van der Waals surface area contributed by atoms with Gasteiger partial charge in [-0.05, 0) is 37.2 Å². The molecule has 0 bridgehead atoms. The number of fused-ring (bicyclic) bond motifs is 1. The smallest absolute Gasteiger partial charge is 0.146 e. The Labute approximate surface area is 126 Å². The summed E-state index contributed by atoms with van der Waals surface area (Å²) in [5, 5.41) is 4.33. The van der Waals surface area contributed by atoms with Gasteiger partial charge in [0.25, 0.3) is 0 Å². The van der Waals surface area contributed by atoms with Gasteiger partial charge in [0.1, 0.15) is 22.4 Å². The summed E-state index contributed by atoms with van der Waals surface area (Å²) < 4.78 is 7.26. The molecule has 21 heavy (non-hydrogen) atoms. The molecule has 4 rings (SSSR count). The lowest BCUT2D eigenvalue weighted by atomic mass is 10.2. The molecule has 4 nitrogen and oxygen atoms in total. The van der Waals surface area contributed by atoms with E-state index in [9.17, 15) is 0 Å². The van der Waals surface area contributed by atoms with Crippen LogP contribution in [0.15, 0.2) is 42.7 Å². The van der Waals surface area contributed by atoms with Crippen LogP contribution in [0, 0.1) is 0 Å². The summed E-state index contributed by atoms with van der Waals surface area (Å²) in [5.41, 5.74) is 2.06. The van der Waals surface area contributed by atoms with E-state index in [2.05, 4.69) is 16.4 Å². The predicted octanol–water partition coefficient (Wildman–Crippen LogP) is 3.10. The molecule has 1 aromatic carbocycles. The van der Waals surface area contributed by atoms with Crippen molar-refractivity contribution in [1.29, 1.82) is 0 Å². The molecule has 3 aromatic rings. The maximum atomic E-state index is 6.11. The minimum absolute atomic E-state index is 0.252. The lowest BCUT2D eigenvalue weighted by Gasteiger charge is -2.12. The molecule has 0 radical (unpaired) electrons. The van der Waals surface area contributed by atoms with Gasteiger partial charge in [0.05, 0.1) is 4.70 Å². The maximum absolute atomic E-state index is 6.11. The van der Waals surface area contributed by atoms with Gasteiger partial charge in [-0.15, -0.1) is 11.3 Å². The molecule has 2 aromatic heterocycles. The normalized spacial score (nSPS) is 18.2. The first-order valence-electron chi connectivity index (χ1n) is 7.07.